The van der Waals surface area contributed by atoms with Crippen LogP contribution in [0.5, 0.6) is 0 Å². The zero-order chi connectivity index (χ0) is 24.0. The first-order valence-corrected chi connectivity index (χ1v) is 11.4. The highest BCUT2D eigenvalue weighted by atomic mass is 35.5. The van der Waals surface area contributed by atoms with E-state index in [-0.39, 0.29) is 36.8 Å². The predicted molar refractivity (Wildman–Crippen MR) is 123 cm³/mol. The van der Waals surface area contributed by atoms with E-state index in [9.17, 15) is 19.2 Å². The molecule has 0 saturated carbocycles. The van der Waals surface area contributed by atoms with Crippen LogP contribution in [0.3, 0.4) is 0 Å². The third kappa shape index (κ3) is 6.58. The molecular weight excluding hydrogens is 450 g/mol. The van der Waals surface area contributed by atoms with Crippen LogP contribution in [0.25, 0.3) is 0 Å². The largest absolute Gasteiger partial charge is 0.450 e. The molecule has 0 radical (unpaired) electrons. The number of ether oxygens (including phenoxy) is 1. The van der Waals surface area contributed by atoms with Crippen LogP contribution < -0.4 is 10.6 Å². The Balaban J connectivity index is 1.56. The van der Waals surface area contributed by atoms with E-state index in [1.54, 1.807) is 30.0 Å². The summed E-state index contributed by atoms with van der Waals surface area (Å²) in [5, 5.41) is 6.00. The lowest BCUT2D eigenvalue weighted by atomic mass is 10.1. The van der Waals surface area contributed by atoms with Gasteiger partial charge in [-0.05, 0) is 31.5 Å². The molecule has 0 aliphatic carbocycles. The summed E-state index contributed by atoms with van der Waals surface area (Å²) in [6.07, 6.45) is -0.503. The summed E-state index contributed by atoms with van der Waals surface area (Å²) < 4.78 is 5.01. The molecule has 2 heterocycles. The predicted octanol–water partition coefficient (Wildman–Crippen LogP) is 1.08. The Morgan fingerprint density at radius 1 is 1.18 bits per heavy atom. The summed E-state index contributed by atoms with van der Waals surface area (Å²) in [5.74, 6) is -0.942. The monoisotopic (exact) mass is 479 g/mol. The van der Waals surface area contributed by atoms with Gasteiger partial charge in [0, 0.05) is 50.0 Å². The van der Waals surface area contributed by atoms with E-state index in [1.165, 1.54) is 4.90 Å². The number of rotatable bonds is 6. The fourth-order valence-corrected chi connectivity index (χ4v) is 4.04. The fourth-order valence-electron chi connectivity index (χ4n) is 3.86. The number of hydrogen-bond donors (Lipinski definition) is 2. The van der Waals surface area contributed by atoms with E-state index in [4.69, 9.17) is 16.3 Å². The second-order valence-corrected chi connectivity index (χ2v) is 8.48. The highest BCUT2D eigenvalue weighted by Crippen LogP contribution is 2.20. The highest BCUT2D eigenvalue weighted by molar-refractivity contribution is 6.31. The van der Waals surface area contributed by atoms with Crippen molar-refractivity contribution in [1.29, 1.82) is 0 Å². The summed E-state index contributed by atoms with van der Waals surface area (Å²) in [5.41, 5.74) is 1.42. The maximum atomic E-state index is 13.0. The van der Waals surface area contributed by atoms with Crippen LogP contribution >= 0.6 is 11.6 Å². The van der Waals surface area contributed by atoms with Crippen LogP contribution in [-0.4, -0.2) is 97.0 Å². The Kier molecular flexibility index (Phi) is 8.51. The molecule has 2 N–H and O–H groups in total. The van der Waals surface area contributed by atoms with Crippen molar-refractivity contribution in [2.45, 2.75) is 26.3 Å². The van der Waals surface area contributed by atoms with Crippen LogP contribution in [0.1, 0.15) is 18.9 Å². The molecule has 11 heteroatoms. The molecule has 2 aliphatic heterocycles. The lowest BCUT2D eigenvalue weighted by Gasteiger charge is -2.38. The Morgan fingerprint density at radius 2 is 1.91 bits per heavy atom. The second-order valence-electron chi connectivity index (χ2n) is 8.07. The molecule has 1 atom stereocenters. The van der Waals surface area contributed by atoms with Crippen LogP contribution in [-0.2, 0) is 19.1 Å². The summed E-state index contributed by atoms with van der Waals surface area (Å²) >= 11 is 6.11. The van der Waals surface area contributed by atoms with Gasteiger partial charge in [0.25, 0.3) is 0 Å². The van der Waals surface area contributed by atoms with Crippen molar-refractivity contribution >= 4 is 41.1 Å². The van der Waals surface area contributed by atoms with Crippen molar-refractivity contribution in [3.63, 3.8) is 0 Å². The van der Waals surface area contributed by atoms with Crippen molar-refractivity contribution < 1.29 is 23.9 Å². The van der Waals surface area contributed by atoms with Gasteiger partial charge in [-0.3, -0.25) is 19.3 Å². The van der Waals surface area contributed by atoms with Gasteiger partial charge in [0.05, 0.1) is 19.6 Å². The number of anilines is 1. The number of aryl methyl sites for hydroxylation is 1. The van der Waals surface area contributed by atoms with Gasteiger partial charge in [-0.25, -0.2) is 4.79 Å². The molecule has 3 rings (SSSR count). The first-order valence-electron chi connectivity index (χ1n) is 11.1. The summed E-state index contributed by atoms with van der Waals surface area (Å²) in [6, 6.07) is 4.30. The number of carbonyl (C=O) groups excluding carboxylic acids is 4. The quantitative estimate of drug-likeness (QED) is 0.631. The molecule has 2 aliphatic rings. The van der Waals surface area contributed by atoms with Gasteiger partial charge >= 0.3 is 6.09 Å². The number of nitrogens with zero attached hydrogens (tertiary/aromatic N) is 3. The molecule has 0 aromatic heterocycles. The first kappa shape index (κ1) is 24.8. The Morgan fingerprint density at radius 3 is 2.58 bits per heavy atom. The number of nitrogens with one attached hydrogen (secondary N) is 2. The van der Waals surface area contributed by atoms with E-state index in [2.05, 4.69) is 10.6 Å². The van der Waals surface area contributed by atoms with Crippen LogP contribution in [0.2, 0.25) is 5.02 Å². The molecule has 10 nitrogen and oxygen atoms in total. The zero-order valence-electron chi connectivity index (χ0n) is 18.9. The smallest absolute Gasteiger partial charge is 0.409 e. The molecule has 1 aromatic rings. The highest BCUT2D eigenvalue weighted by Gasteiger charge is 2.35. The topological polar surface area (TPSA) is 111 Å². The Hall–Kier alpha value is -2.85. The fraction of sp³-hybridized carbons (Fsp3) is 0.545. The van der Waals surface area contributed by atoms with Crippen molar-refractivity contribution in [1.82, 2.24) is 20.0 Å². The molecule has 0 unspecified atom stereocenters. The van der Waals surface area contributed by atoms with Crippen molar-refractivity contribution in [2.75, 3.05) is 57.7 Å². The van der Waals surface area contributed by atoms with Crippen molar-refractivity contribution in [2.24, 2.45) is 0 Å². The maximum Gasteiger partial charge on any atom is 0.409 e. The molecule has 1 aromatic carbocycles. The van der Waals surface area contributed by atoms with E-state index in [0.717, 1.165) is 5.56 Å². The summed E-state index contributed by atoms with van der Waals surface area (Å²) in [4.78, 5) is 55.0. The first-order chi connectivity index (χ1) is 15.8. The number of piperazine rings is 2. The molecular formula is C22H30ClN5O5. The molecule has 180 valence electrons. The van der Waals surface area contributed by atoms with Gasteiger partial charge in [-0.1, -0.05) is 17.7 Å². The molecule has 2 fully saturated rings. The van der Waals surface area contributed by atoms with Gasteiger partial charge in [-0.15, -0.1) is 0 Å². The minimum Gasteiger partial charge on any atom is -0.450 e. The number of benzene rings is 1. The van der Waals surface area contributed by atoms with Gasteiger partial charge in [0.1, 0.15) is 6.04 Å². The molecule has 0 spiro atoms. The van der Waals surface area contributed by atoms with E-state index >= 15 is 0 Å². The Labute approximate surface area is 198 Å². The lowest BCUT2D eigenvalue weighted by Crippen LogP contribution is -2.60. The van der Waals surface area contributed by atoms with Gasteiger partial charge < -0.3 is 25.2 Å². The second kappa shape index (κ2) is 11.3. The average Bonchev–Trinajstić information content (AvgIpc) is 2.78. The third-order valence-electron chi connectivity index (χ3n) is 5.74. The van der Waals surface area contributed by atoms with E-state index in [1.807, 2.05) is 11.8 Å². The molecule has 2 saturated heterocycles. The minimum atomic E-state index is -0.881. The van der Waals surface area contributed by atoms with Crippen LogP contribution in [0.15, 0.2) is 18.2 Å². The van der Waals surface area contributed by atoms with Gasteiger partial charge in [-0.2, -0.15) is 0 Å². The molecule has 4 amide bonds. The van der Waals surface area contributed by atoms with Crippen LogP contribution in [0, 0.1) is 6.92 Å². The van der Waals surface area contributed by atoms with Crippen LogP contribution in [0.4, 0.5) is 10.5 Å². The zero-order valence-corrected chi connectivity index (χ0v) is 19.7. The number of halogens is 1. The summed E-state index contributed by atoms with van der Waals surface area (Å²) in [7, 11) is 0. The standard InChI is InChI=1S/C22H30ClN5O5/c1-3-33-22(32)27-10-8-26(9-11-27)14-20(30)28-7-6-24-21(31)18(28)13-19(29)25-16-5-4-15(2)17(23)12-16/h4-5,12,18H,3,6-11,13-14H2,1-2H3,(H,24,31)(H,25,29)/t18-/m0/s1. The third-order valence-corrected chi connectivity index (χ3v) is 6.15. The number of amides is 4. The van der Waals surface area contributed by atoms with Gasteiger partial charge in [0.15, 0.2) is 0 Å². The van der Waals surface area contributed by atoms with Crippen molar-refractivity contribution in [3.8, 4) is 0 Å². The maximum absolute atomic E-state index is 13.0. The average molecular weight is 480 g/mol. The number of carbonyl (C=O) groups is 4. The van der Waals surface area contributed by atoms with E-state index in [0.29, 0.717) is 56.6 Å². The summed E-state index contributed by atoms with van der Waals surface area (Å²) in [6.45, 7) is 6.74. The Bertz CT molecular complexity index is 903. The lowest BCUT2D eigenvalue weighted by molar-refractivity contribution is -0.145. The normalized spacial score (nSPS) is 19.1. The molecule has 0 bridgehead atoms. The number of hydrogen-bond acceptors (Lipinski definition) is 6. The van der Waals surface area contributed by atoms with Crippen molar-refractivity contribution in [3.05, 3.63) is 28.8 Å². The van der Waals surface area contributed by atoms with Gasteiger partial charge in [0.2, 0.25) is 17.7 Å². The van der Waals surface area contributed by atoms with E-state index < -0.39 is 6.04 Å². The SMILES string of the molecule is CCOC(=O)N1CCN(CC(=O)N2CCNC(=O)[C@@H]2CC(=O)Nc2ccc(C)c(Cl)c2)CC1. The minimum absolute atomic E-state index is 0.121. The molecule has 33 heavy (non-hydrogen) atoms.